The van der Waals surface area contributed by atoms with Crippen molar-refractivity contribution in [3.05, 3.63) is 22.4 Å². The molecule has 2 N–H and O–H groups in total. The number of nitrogens with two attached hydrogens (primary N) is 1. The number of aromatic nitrogens is 2. The summed E-state index contributed by atoms with van der Waals surface area (Å²) in [6.45, 7) is 3.19. The van der Waals surface area contributed by atoms with Gasteiger partial charge in [-0.25, -0.2) is 9.37 Å². The molecule has 3 nitrogen and oxygen atoms in total. The van der Waals surface area contributed by atoms with E-state index in [1.807, 2.05) is 4.57 Å². The minimum absolute atomic E-state index is 0.298. The number of imidazole rings is 1. The highest BCUT2D eigenvalue weighted by Crippen LogP contribution is 2.32. The Labute approximate surface area is 126 Å². The Kier molecular flexibility index (Phi) is 3.71. The third-order valence-electron chi connectivity index (χ3n) is 4.31. The van der Waals surface area contributed by atoms with Gasteiger partial charge in [-0.1, -0.05) is 19.8 Å². The van der Waals surface area contributed by atoms with Crippen molar-refractivity contribution in [2.45, 2.75) is 39.2 Å². The Morgan fingerprint density at radius 2 is 2.25 bits per heavy atom. The highest BCUT2D eigenvalue weighted by Gasteiger charge is 2.21. The molecule has 1 aromatic heterocycles. The lowest BCUT2D eigenvalue weighted by Crippen LogP contribution is -2.19. The second-order valence-electron chi connectivity index (χ2n) is 5.97. The molecule has 0 saturated heterocycles. The normalized spacial score (nSPS) is 23.4. The van der Waals surface area contributed by atoms with E-state index in [0.29, 0.717) is 21.9 Å². The predicted octanol–water partition coefficient (Wildman–Crippen LogP) is 4.35. The second-order valence-corrected chi connectivity index (χ2v) is 6.83. The molecule has 1 aromatic carbocycles. The summed E-state index contributed by atoms with van der Waals surface area (Å²) in [6.07, 6.45) is 5.09. The first kappa shape index (κ1) is 13.9. The Balaban J connectivity index is 1.94. The number of benzene rings is 1. The summed E-state index contributed by atoms with van der Waals surface area (Å²) < 4.78 is 16.1. The van der Waals surface area contributed by atoms with Gasteiger partial charge >= 0.3 is 0 Å². The van der Waals surface area contributed by atoms with Crippen molar-refractivity contribution in [2.24, 2.45) is 11.8 Å². The summed E-state index contributed by atoms with van der Waals surface area (Å²) >= 11 is 3.24. The number of hydrogen-bond acceptors (Lipinski definition) is 2. The maximum absolute atomic E-state index is 13.6. The minimum atomic E-state index is -0.298. The van der Waals surface area contributed by atoms with Crippen LogP contribution in [0.1, 0.15) is 32.6 Å². The molecular weight excluding hydrogens is 321 g/mol. The van der Waals surface area contributed by atoms with Crippen LogP contribution < -0.4 is 5.73 Å². The van der Waals surface area contributed by atoms with Gasteiger partial charge in [-0.2, -0.15) is 0 Å². The topological polar surface area (TPSA) is 43.8 Å². The molecule has 0 amide bonds. The van der Waals surface area contributed by atoms with Crippen molar-refractivity contribution in [1.82, 2.24) is 9.55 Å². The quantitative estimate of drug-likeness (QED) is 0.883. The van der Waals surface area contributed by atoms with Crippen molar-refractivity contribution in [1.29, 1.82) is 0 Å². The molecule has 0 spiro atoms. The van der Waals surface area contributed by atoms with Gasteiger partial charge in [0.1, 0.15) is 5.82 Å². The molecule has 20 heavy (non-hydrogen) atoms. The molecule has 2 atom stereocenters. The van der Waals surface area contributed by atoms with E-state index < -0.39 is 0 Å². The molecule has 0 bridgehead atoms. The fourth-order valence-electron chi connectivity index (χ4n) is 3.31. The molecule has 1 aliphatic rings. The van der Waals surface area contributed by atoms with Gasteiger partial charge in [0, 0.05) is 12.6 Å². The molecule has 0 radical (unpaired) electrons. The fraction of sp³-hybridized carbons (Fsp3) is 0.533. The van der Waals surface area contributed by atoms with E-state index in [4.69, 9.17) is 5.73 Å². The smallest absolute Gasteiger partial charge is 0.201 e. The molecule has 5 heteroatoms. The first-order valence-electron chi connectivity index (χ1n) is 7.15. The van der Waals surface area contributed by atoms with E-state index >= 15 is 0 Å². The van der Waals surface area contributed by atoms with Crippen LogP contribution >= 0.6 is 15.9 Å². The van der Waals surface area contributed by atoms with Gasteiger partial charge in [0.05, 0.1) is 15.5 Å². The molecule has 1 aliphatic carbocycles. The molecule has 1 saturated carbocycles. The van der Waals surface area contributed by atoms with Crippen molar-refractivity contribution in [3.8, 4) is 0 Å². The zero-order valence-corrected chi connectivity index (χ0v) is 13.2. The van der Waals surface area contributed by atoms with Crippen LogP contribution in [0.25, 0.3) is 11.0 Å². The van der Waals surface area contributed by atoms with E-state index in [1.165, 1.54) is 31.7 Å². The van der Waals surface area contributed by atoms with Crippen LogP contribution in [-0.4, -0.2) is 9.55 Å². The summed E-state index contributed by atoms with van der Waals surface area (Å²) in [5.74, 6) is 1.61. The van der Waals surface area contributed by atoms with Gasteiger partial charge in [0.25, 0.3) is 0 Å². The van der Waals surface area contributed by atoms with Crippen molar-refractivity contribution < 1.29 is 4.39 Å². The molecule has 1 fully saturated rings. The number of nitrogens with zero attached hydrogens (tertiary/aromatic N) is 2. The predicted molar refractivity (Wildman–Crippen MR) is 82.9 cm³/mol. The number of rotatable bonds is 2. The Bertz CT molecular complexity index is 638. The van der Waals surface area contributed by atoms with Crippen molar-refractivity contribution in [2.75, 3.05) is 5.73 Å². The van der Waals surface area contributed by atoms with Crippen LogP contribution in [-0.2, 0) is 6.54 Å². The number of hydrogen-bond donors (Lipinski definition) is 1. The third kappa shape index (κ3) is 2.55. The third-order valence-corrected chi connectivity index (χ3v) is 4.91. The van der Waals surface area contributed by atoms with Crippen molar-refractivity contribution in [3.63, 3.8) is 0 Å². The summed E-state index contributed by atoms with van der Waals surface area (Å²) in [4.78, 5) is 4.28. The number of fused-ring (bicyclic) bond motifs is 1. The zero-order valence-electron chi connectivity index (χ0n) is 11.6. The number of halogens is 2. The maximum atomic E-state index is 13.6. The lowest BCUT2D eigenvalue weighted by molar-refractivity contribution is 0.259. The number of anilines is 1. The molecule has 2 unspecified atom stereocenters. The zero-order chi connectivity index (χ0) is 14.3. The van der Waals surface area contributed by atoms with Gasteiger partial charge in [-0.3, -0.25) is 0 Å². The maximum Gasteiger partial charge on any atom is 0.201 e. The molecule has 3 rings (SSSR count). The van der Waals surface area contributed by atoms with E-state index in [-0.39, 0.29) is 5.82 Å². The first-order chi connectivity index (χ1) is 9.54. The van der Waals surface area contributed by atoms with E-state index in [0.717, 1.165) is 18.0 Å². The van der Waals surface area contributed by atoms with Crippen LogP contribution in [0, 0.1) is 17.7 Å². The summed E-state index contributed by atoms with van der Waals surface area (Å²) in [7, 11) is 0. The largest absolute Gasteiger partial charge is 0.369 e. The van der Waals surface area contributed by atoms with Crippen LogP contribution in [0.5, 0.6) is 0 Å². The molecule has 0 aliphatic heterocycles. The van der Waals surface area contributed by atoms with Crippen LogP contribution in [0.4, 0.5) is 10.3 Å². The van der Waals surface area contributed by atoms with Gasteiger partial charge in [-0.15, -0.1) is 0 Å². The molecular formula is C15H19BrFN3. The highest BCUT2D eigenvalue weighted by molar-refractivity contribution is 9.10. The van der Waals surface area contributed by atoms with E-state index in [2.05, 4.69) is 27.8 Å². The van der Waals surface area contributed by atoms with Crippen LogP contribution in [0.2, 0.25) is 0 Å². The Morgan fingerprint density at radius 1 is 1.45 bits per heavy atom. The van der Waals surface area contributed by atoms with E-state index in [9.17, 15) is 4.39 Å². The van der Waals surface area contributed by atoms with Crippen LogP contribution in [0.15, 0.2) is 16.6 Å². The molecule has 108 valence electrons. The standard InChI is InChI=1S/C15H19BrFN3/c1-9-3-2-4-10(5-9)8-20-14-6-11(16)12(17)7-13(14)19-15(20)18/h6-7,9-10H,2-5,8H2,1H3,(H2,18,19). The average molecular weight is 340 g/mol. The lowest BCUT2D eigenvalue weighted by atomic mass is 9.82. The SMILES string of the molecule is CC1CCCC(Cn2c(N)nc3cc(F)c(Br)cc32)C1. The molecule has 1 heterocycles. The Morgan fingerprint density at radius 3 is 3.00 bits per heavy atom. The Hall–Kier alpha value is -1.10. The van der Waals surface area contributed by atoms with Crippen LogP contribution in [0.3, 0.4) is 0 Å². The second kappa shape index (κ2) is 5.35. The first-order valence-corrected chi connectivity index (χ1v) is 7.94. The monoisotopic (exact) mass is 339 g/mol. The minimum Gasteiger partial charge on any atom is -0.369 e. The fourth-order valence-corrected chi connectivity index (χ4v) is 3.65. The van der Waals surface area contributed by atoms with Crippen molar-refractivity contribution >= 4 is 32.9 Å². The van der Waals surface area contributed by atoms with Gasteiger partial charge < -0.3 is 10.3 Å². The van der Waals surface area contributed by atoms with E-state index in [1.54, 1.807) is 6.07 Å². The summed E-state index contributed by atoms with van der Waals surface area (Å²) in [5, 5.41) is 0. The molecule has 2 aromatic rings. The summed E-state index contributed by atoms with van der Waals surface area (Å²) in [6, 6.07) is 3.22. The number of nitrogen functional groups attached to an aromatic ring is 1. The highest BCUT2D eigenvalue weighted by atomic mass is 79.9. The average Bonchev–Trinajstić information content (AvgIpc) is 2.67. The summed E-state index contributed by atoms with van der Waals surface area (Å²) in [5.41, 5.74) is 7.56. The van der Waals surface area contributed by atoms with Gasteiger partial charge in [0.15, 0.2) is 0 Å². The lowest BCUT2D eigenvalue weighted by Gasteiger charge is -2.27. The van der Waals surface area contributed by atoms with Gasteiger partial charge in [-0.05, 0) is 46.7 Å². The van der Waals surface area contributed by atoms with Gasteiger partial charge in [0.2, 0.25) is 5.95 Å².